The number of aliphatic hydroxyl groups is 1. The van der Waals surface area contributed by atoms with Crippen molar-refractivity contribution in [2.45, 2.75) is 117 Å². The number of aliphatic hydroxyl groups excluding tert-OH is 1. The van der Waals surface area contributed by atoms with E-state index in [2.05, 4.69) is 61.6 Å². The van der Waals surface area contributed by atoms with Gasteiger partial charge in [-0.1, -0.05) is 204 Å². The van der Waals surface area contributed by atoms with Crippen LogP contribution in [-0.4, -0.2) is 16.7 Å². The first-order valence-corrected chi connectivity index (χ1v) is 21.5. The number of rotatable bonds is 3. The first kappa shape index (κ1) is 64.7. The van der Waals surface area contributed by atoms with Crippen LogP contribution in [0.5, 0.6) is 0 Å². The minimum absolute atomic E-state index is 0. The van der Waals surface area contributed by atoms with Crippen molar-refractivity contribution >= 4 is 56.4 Å². The molecule has 4 aromatic carbocycles. The number of hydrogen-bond donors (Lipinski definition) is 1. The van der Waals surface area contributed by atoms with E-state index in [9.17, 15) is 14.7 Å². The third-order valence-electron chi connectivity index (χ3n) is 9.48. The summed E-state index contributed by atoms with van der Waals surface area (Å²) in [5, 5.41) is 9.82. The van der Waals surface area contributed by atoms with Crippen molar-refractivity contribution in [3.05, 3.63) is 160 Å². The molecule has 4 aromatic rings. The van der Waals surface area contributed by atoms with Gasteiger partial charge in [-0.25, -0.2) is 6.61 Å². The van der Waals surface area contributed by atoms with Gasteiger partial charge in [0.05, 0.1) is 0 Å². The quantitative estimate of drug-likeness (QED) is 0.164. The van der Waals surface area contributed by atoms with Crippen LogP contribution in [0.1, 0.15) is 135 Å². The molecular weight excluding hydrogens is 1330 g/mol. The molecule has 0 amide bonds. The molecule has 0 aromatic heterocycles. The van der Waals surface area contributed by atoms with E-state index in [0.29, 0.717) is 12.8 Å². The van der Waals surface area contributed by atoms with Crippen LogP contribution in [0, 0.1) is 97.9 Å². The van der Waals surface area contributed by atoms with Gasteiger partial charge < -0.3 is 34.1 Å². The molecule has 1 radical (unpaired) electrons. The average molecular weight is 1400 g/mol. The molecular formula is C52H70IO3U2V-3. The summed E-state index contributed by atoms with van der Waals surface area (Å²) in [6.07, 6.45) is 4.18. The number of allylic oxidation sites excluding steroid dienone is 3. The number of hydrogen-bond acceptors (Lipinski definition) is 3. The van der Waals surface area contributed by atoms with E-state index in [1.807, 2.05) is 159 Å². The molecule has 7 heteroatoms. The van der Waals surface area contributed by atoms with E-state index >= 15 is 0 Å². The SMILES string of the molecule is C.CC.CC.CC.CC.CC1(C)[CH-]Cc2ccccc2C2=C1c1ccccc1CC2=O.Cc1ccccc1C1=C(C(C)(C)[CH-]O)c2ccccc2CC1=O.[CH2-]I.[U].[U].[V]. The van der Waals surface area contributed by atoms with Crippen LogP contribution in [0.4, 0.5) is 0 Å². The van der Waals surface area contributed by atoms with E-state index in [4.69, 9.17) is 0 Å². The zero-order valence-electron chi connectivity index (χ0n) is 37.3. The predicted octanol–water partition coefficient (Wildman–Crippen LogP) is 15.1. The van der Waals surface area contributed by atoms with Crippen molar-refractivity contribution in [3.63, 3.8) is 0 Å². The smallest absolute Gasteiger partial charge is 0.168 e. The maximum Gasteiger partial charge on any atom is 0.168 e. The van der Waals surface area contributed by atoms with Crippen molar-refractivity contribution in [2.24, 2.45) is 10.8 Å². The van der Waals surface area contributed by atoms with Crippen LogP contribution in [0.2, 0.25) is 0 Å². The zero-order valence-corrected chi connectivity index (χ0v) is 49.2. The predicted molar refractivity (Wildman–Crippen MR) is 255 cm³/mol. The fourth-order valence-electron chi connectivity index (χ4n) is 7.14. The first-order valence-electron chi connectivity index (χ1n) is 20.0. The van der Waals surface area contributed by atoms with Crippen molar-refractivity contribution < 1.29 is 95.5 Å². The Morgan fingerprint density at radius 2 is 1.00 bits per heavy atom. The molecule has 0 unspecified atom stereocenters. The summed E-state index contributed by atoms with van der Waals surface area (Å²) < 4.78 is 0. The summed E-state index contributed by atoms with van der Waals surface area (Å²) in [6, 6.07) is 32.6. The molecule has 3 nitrogen and oxygen atoms in total. The number of Topliss-reactive ketones (excluding diaryl/α,β-unsaturated/α-hetero) is 2. The maximum atomic E-state index is 12.9. The van der Waals surface area contributed by atoms with Crippen LogP contribution in [0.25, 0.3) is 22.3 Å². The van der Waals surface area contributed by atoms with Crippen molar-refractivity contribution in [2.75, 3.05) is 0 Å². The zero-order chi connectivity index (χ0) is 41.9. The minimum atomic E-state index is -0.607. The standard InChI is InChI=1S/C21H21O2.C21H19O.4C2H6.CH2I.CH4.2U.V/c1-14-8-4-6-10-16(14)19-18(23)12-15-9-5-7-11-17(15)20(19)21(2,3)13-22;1-21(2)12-11-14-7-3-5-9-16(14)19-18(22)13-15-8-4-6-10-17(15)20(19)21;5*1-2;;;;/h4-11,13,22H,12H2,1-3H3;3-10,12H,11,13H2,1-2H3;4*1-2H3;1H2;1H4;;;/q2*-1;;;;;-1;;;;. The molecule has 0 heterocycles. The molecule has 0 spiro atoms. The number of benzene rings is 4. The van der Waals surface area contributed by atoms with Gasteiger partial charge >= 0.3 is 0 Å². The molecule has 0 atom stereocenters. The summed E-state index contributed by atoms with van der Waals surface area (Å²) in [5.74, 6) is 0.368. The van der Waals surface area contributed by atoms with E-state index < -0.39 is 5.41 Å². The van der Waals surface area contributed by atoms with Gasteiger partial charge in [-0.05, 0) is 45.9 Å². The number of halogens is 1. The van der Waals surface area contributed by atoms with E-state index in [1.54, 1.807) is 0 Å². The van der Waals surface area contributed by atoms with Gasteiger partial charge in [-0.3, -0.25) is 14.5 Å². The Morgan fingerprint density at radius 1 is 0.627 bits per heavy atom. The Balaban J connectivity index is -0.000000401. The van der Waals surface area contributed by atoms with Crippen LogP contribution in [-0.2, 0) is 47.4 Å². The molecule has 3 aliphatic carbocycles. The molecule has 0 fully saturated rings. The van der Waals surface area contributed by atoms with Crippen LogP contribution >= 0.6 is 22.6 Å². The molecule has 59 heavy (non-hydrogen) atoms. The molecule has 1 N–H and O–H groups in total. The number of carbonyl (C=O) groups is 2. The first-order chi connectivity index (χ1) is 26.5. The van der Waals surface area contributed by atoms with Crippen molar-refractivity contribution in [1.82, 2.24) is 0 Å². The van der Waals surface area contributed by atoms with Crippen molar-refractivity contribution in [3.8, 4) is 0 Å². The molecule has 0 saturated heterocycles. The topological polar surface area (TPSA) is 54.4 Å². The molecule has 319 valence electrons. The average Bonchev–Trinajstić information content (AvgIpc) is 3.35. The summed E-state index contributed by atoms with van der Waals surface area (Å²) in [4.78, 5) is 29.1. The molecule has 0 aliphatic heterocycles. The summed E-state index contributed by atoms with van der Waals surface area (Å²) >= 11 is 1.90. The molecule has 3 aliphatic rings. The van der Waals surface area contributed by atoms with Crippen LogP contribution in [0.15, 0.2) is 97.1 Å². The van der Waals surface area contributed by atoms with Gasteiger partial charge in [0, 0.05) is 105 Å². The van der Waals surface area contributed by atoms with E-state index in [1.165, 1.54) is 23.3 Å². The van der Waals surface area contributed by atoms with Gasteiger partial charge in [0.15, 0.2) is 11.6 Å². The molecule has 0 bridgehead atoms. The molecule has 7 rings (SSSR count). The fraction of sp³-hybridized carbons (Fsp3) is 0.365. The Bertz CT molecular complexity index is 1910. The van der Waals surface area contributed by atoms with Gasteiger partial charge in [-0.2, -0.15) is 6.42 Å². The number of carbonyl (C=O) groups excluding carboxylic acids is 2. The summed E-state index contributed by atoms with van der Waals surface area (Å²) in [5.41, 5.74) is 12.0. The Hall–Kier alpha value is -0.922. The minimum Gasteiger partial charge on any atom is -0.565 e. The Kier molecular flexibility index (Phi) is 35.9. The normalized spacial score (nSPS) is 13.4. The second-order valence-electron chi connectivity index (χ2n) is 13.5. The van der Waals surface area contributed by atoms with Crippen LogP contribution < -0.4 is 0 Å². The second kappa shape index (κ2) is 32.7. The Morgan fingerprint density at radius 3 is 1.47 bits per heavy atom. The monoisotopic (exact) mass is 1400 g/mol. The number of ketones is 2. The summed E-state index contributed by atoms with van der Waals surface area (Å²) in [7, 11) is 0. The third-order valence-corrected chi connectivity index (χ3v) is 9.48. The van der Waals surface area contributed by atoms with Gasteiger partial charge in [0.2, 0.25) is 0 Å². The summed E-state index contributed by atoms with van der Waals surface area (Å²) in [6.45, 7) is 27.5. The Labute approximate surface area is 434 Å². The van der Waals surface area contributed by atoms with Crippen molar-refractivity contribution in [1.29, 1.82) is 0 Å². The maximum absolute atomic E-state index is 12.9. The fourth-order valence-corrected chi connectivity index (χ4v) is 7.14. The van der Waals surface area contributed by atoms with Crippen LogP contribution in [0.3, 0.4) is 0 Å². The third kappa shape index (κ3) is 16.0. The van der Waals surface area contributed by atoms with E-state index in [-0.39, 0.29) is 105 Å². The van der Waals surface area contributed by atoms with Gasteiger partial charge in [-0.15, -0.1) is 10.8 Å². The number of aryl methyl sites for hydroxylation is 1. The second-order valence-corrected chi connectivity index (χ2v) is 13.5. The number of fused-ring (bicyclic) bond motifs is 5. The molecule has 0 saturated carbocycles. The van der Waals surface area contributed by atoms with E-state index in [0.717, 1.165) is 56.5 Å². The van der Waals surface area contributed by atoms with Gasteiger partial charge in [0.25, 0.3) is 0 Å². The largest absolute Gasteiger partial charge is 0.565 e. The van der Waals surface area contributed by atoms with Gasteiger partial charge in [0.1, 0.15) is 0 Å².